The molecular formula is C7H15N3O4. The molecule has 0 amide bonds. The third kappa shape index (κ3) is 1.34. The Hall–Kier alpha value is -0.280. The Kier molecular flexibility index (Phi) is 2.71. The number of hydrogen-bond donors (Lipinski definition) is 6. The Bertz CT molecular complexity index is 217. The van der Waals surface area contributed by atoms with Gasteiger partial charge in [-0.25, -0.2) is 10.4 Å². The molecule has 2 aliphatic rings. The second kappa shape index (κ2) is 3.70. The number of rotatable bonds is 1. The number of fused-ring (bicyclic) bond motifs is 1. The predicted octanol–water partition coefficient (Wildman–Crippen LogP) is -3.86. The molecule has 0 aromatic carbocycles. The molecule has 2 fully saturated rings. The van der Waals surface area contributed by atoms with Crippen LogP contribution in [0.3, 0.4) is 0 Å². The molecule has 0 bridgehead atoms. The molecule has 5 atom stereocenters. The minimum atomic E-state index is -1.21. The van der Waals surface area contributed by atoms with Gasteiger partial charge in [0.2, 0.25) is 0 Å². The van der Waals surface area contributed by atoms with Crippen LogP contribution in [-0.4, -0.2) is 69.0 Å². The minimum Gasteiger partial charge on any atom is -0.395 e. The summed E-state index contributed by atoms with van der Waals surface area (Å²) in [6.45, 7) is 0.178. The fourth-order valence-corrected chi connectivity index (χ4v) is 2.05. The number of aliphatic hydroxyl groups excluding tert-OH is 4. The molecule has 7 heteroatoms. The van der Waals surface area contributed by atoms with Crippen LogP contribution in [0, 0.1) is 0 Å². The third-order valence-corrected chi connectivity index (χ3v) is 2.91. The first-order valence-electron chi connectivity index (χ1n) is 4.58. The molecule has 2 saturated heterocycles. The smallest absolute Gasteiger partial charge is 0.109 e. The van der Waals surface area contributed by atoms with Gasteiger partial charge in [0.1, 0.15) is 18.3 Å². The van der Waals surface area contributed by atoms with Gasteiger partial charge in [-0.2, -0.15) is 5.53 Å². The highest BCUT2D eigenvalue weighted by molar-refractivity contribution is 5.01. The summed E-state index contributed by atoms with van der Waals surface area (Å²) in [7, 11) is 0. The van der Waals surface area contributed by atoms with Crippen molar-refractivity contribution in [2.75, 3.05) is 13.2 Å². The molecule has 2 heterocycles. The van der Waals surface area contributed by atoms with Gasteiger partial charge in [-0.05, 0) is 0 Å². The number of aliphatic hydroxyl groups is 4. The quantitative estimate of drug-likeness (QED) is 0.260. The monoisotopic (exact) mass is 205 g/mol. The molecule has 6 N–H and O–H groups in total. The molecule has 0 radical (unpaired) electrons. The van der Waals surface area contributed by atoms with Gasteiger partial charge < -0.3 is 20.4 Å². The van der Waals surface area contributed by atoms with Crippen molar-refractivity contribution >= 4 is 0 Å². The van der Waals surface area contributed by atoms with E-state index in [0.29, 0.717) is 6.54 Å². The first kappa shape index (κ1) is 10.2. The summed E-state index contributed by atoms with van der Waals surface area (Å²) in [6.07, 6.45) is -3.39. The van der Waals surface area contributed by atoms with Crippen LogP contribution in [0.5, 0.6) is 0 Å². The van der Waals surface area contributed by atoms with E-state index in [1.807, 2.05) is 0 Å². The maximum absolute atomic E-state index is 9.62. The van der Waals surface area contributed by atoms with Crippen LogP contribution >= 0.6 is 0 Å². The van der Waals surface area contributed by atoms with Crippen LogP contribution in [0.1, 0.15) is 0 Å². The van der Waals surface area contributed by atoms with Gasteiger partial charge in [-0.15, -0.1) is 0 Å². The van der Waals surface area contributed by atoms with E-state index in [9.17, 15) is 15.3 Å². The third-order valence-electron chi connectivity index (χ3n) is 2.91. The first-order valence-corrected chi connectivity index (χ1v) is 4.58. The average molecular weight is 205 g/mol. The van der Waals surface area contributed by atoms with Crippen molar-refractivity contribution in [2.45, 2.75) is 30.4 Å². The number of hydrogen-bond acceptors (Lipinski definition) is 7. The molecule has 82 valence electrons. The normalized spacial score (nSPS) is 49.3. The highest BCUT2D eigenvalue weighted by Gasteiger charge is 2.49. The highest BCUT2D eigenvalue weighted by atomic mass is 16.4. The summed E-state index contributed by atoms with van der Waals surface area (Å²) in [5, 5.41) is 39.3. The summed E-state index contributed by atoms with van der Waals surface area (Å²) >= 11 is 0. The number of piperidine rings is 1. The Morgan fingerprint density at radius 3 is 2.50 bits per heavy atom. The van der Waals surface area contributed by atoms with Crippen molar-refractivity contribution in [1.29, 1.82) is 0 Å². The topological polar surface area (TPSA) is 108 Å². The lowest BCUT2D eigenvalue weighted by Gasteiger charge is -2.44. The second-order valence-corrected chi connectivity index (χ2v) is 3.69. The minimum absolute atomic E-state index is 0.282. The molecule has 1 unspecified atom stereocenters. The molecule has 0 aromatic rings. The van der Waals surface area contributed by atoms with Crippen LogP contribution in [0.4, 0.5) is 0 Å². The summed E-state index contributed by atoms with van der Waals surface area (Å²) in [5.41, 5.74) is 5.52. The molecule has 0 aromatic heterocycles. The van der Waals surface area contributed by atoms with E-state index in [4.69, 9.17) is 5.11 Å². The van der Waals surface area contributed by atoms with Crippen LogP contribution in [-0.2, 0) is 0 Å². The van der Waals surface area contributed by atoms with E-state index < -0.39 is 24.4 Å². The molecule has 0 spiro atoms. The Morgan fingerprint density at radius 2 is 1.86 bits per heavy atom. The molecule has 7 nitrogen and oxygen atoms in total. The Balaban J connectivity index is 2.19. The maximum Gasteiger partial charge on any atom is 0.109 e. The number of nitrogens with zero attached hydrogens (tertiary/aromatic N) is 1. The zero-order valence-corrected chi connectivity index (χ0v) is 7.54. The lowest BCUT2D eigenvalue weighted by molar-refractivity contribution is -0.170. The first-order chi connectivity index (χ1) is 6.66. The van der Waals surface area contributed by atoms with Gasteiger partial charge in [0.15, 0.2) is 0 Å². The molecule has 14 heavy (non-hydrogen) atoms. The van der Waals surface area contributed by atoms with E-state index in [0.717, 1.165) is 0 Å². The van der Waals surface area contributed by atoms with Crippen LogP contribution in [0.15, 0.2) is 0 Å². The van der Waals surface area contributed by atoms with Gasteiger partial charge in [0.25, 0.3) is 0 Å². The maximum atomic E-state index is 9.62. The number of nitrogens with one attached hydrogen (secondary N) is 2. The highest BCUT2D eigenvalue weighted by Crippen LogP contribution is 2.23. The van der Waals surface area contributed by atoms with Crippen molar-refractivity contribution in [2.24, 2.45) is 0 Å². The molecular weight excluding hydrogens is 190 g/mol. The van der Waals surface area contributed by atoms with E-state index in [2.05, 4.69) is 11.0 Å². The van der Waals surface area contributed by atoms with E-state index in [-0.39, 0.29) is 12.6 Å². The van der Waals surface area contributed by atoms with Crippen molar-refractivity contribution in [3.63, 3.8) is 0 Å². The van der Waals surface area contributed by atoms with Crippen LogP contribution in [0.2, 0.25) is 0 Å². The van der Waals surface area contributed by atoms with E-state index >= 15 is 0 Å². The van der Waals surface area contributed by atoms with E-state index in [1.54, 1.807) is 5.01 Å². The molecule has 0 saturated carbocycles. The van der Waals surface area contributed by atoms with Crippen molar-refractivity contribution in [3.8, 4) is 0 Å². The summed E-state index contributed by atoms with van der Waals surface area (Å²) in [5.74, 6) is 0. The van der Waals surface area contributed by atoms with Crippen molar-refractivity contribution in [3.05, 3.63) is 0 Å². The van der Waals surface area contributed by atoms with Gasteiger partial charge >= 0.3 is 0 Å². The van der Waals surface area contributed by atoms with E-state index in [1.165, 1.54) is 0 Å². The summed E-state index contributed by atoms with van der Waals surface area (Å²) in [4.78, 5) is 0. The van der Waals surface area contributed by atoms with Crippen LogP contribution in [0.25, 0.3) is 0 Å². The molecule has 2 aliphatic heterocycles. The van der Waals surface area contributed by atoms with Gasteiger partial charge in [-0.3, -0.25) is 0 Å². The predicted molar refractivity (Wildman–Crippen MR) is 45.7 cm³/mol. The molecule has 2 rings (SSSR count). The summed E-state index contributed by atoms with van der Waals surface area (Å²) in [6, 6.07) is -0.932. The zero-order chi connectivity index (χ0) is 10.3. The van der Waals surface area contributed by atoms with Crippen LogP contribution < -0.4 is 11.0 Å². The largest absolute Gasteiger partial charge is 0.395 e. The average Bonchev–Trinajstić information content (AvgIpc) is 2.64. The van der Waals surface area contributed by atoms with Crippen molar-refractivity contribution < 1.29 is 20.4 Å². The Labute approximate surface area is 80.9 Å². The zero-order valence-electron chi connectivity index (χ0n) is 7.54. The molecule has 0 aliphatic carbocycles. The summed E-state index contributed by atoms with van der Waals surface area (Å²) < 4.78 is 0. The SMILES string of the molecule is OC[C@@H]1[C@@H](O)[C@H](O)[C@@H](O)C2CNNN21. The Morgan fingerprint density at radius 1 is 1.14 bits per heavy atom. The number of hydrazine groups is 2. The lowest BCUT2D eigenvalue weighted by Crippen LogP contribution is -2.67. The van der Waals surface area contributed by atoms with Gasteiger partial charge in [0.05, 0.1) is 18.7 Å². The fraction of sp³-hybridized carbons (Fsp3) is 1.00. The van der Waals surface area contributed by atoms with Crippen molar-refractivity contribution in [1.82, 2.24) is 16.0 Å². The fourth-order valence-electron chi connectivity index (χ4n) is 2.05. The lowest BCUT2D eigenvalue weighted by atomic mass is 9.90. The van der Waals surface area contributed by atoms with Gasteiger partial charge in [-0.1, -0.05) is 0 Å². The standard InChI is InChI=1S/C7H15N3O4/c11-2-4-6(13)7(14)5(12)3-1-8-9-10(3)4/h3-9,11-14H,1-2H2/t3?,4-,5+,6-,7-/m1/s1. The van der Waals surface area contributed by atoms with Gasteiger partial charge in [0, 0.05) is 6.54 Å². The second-order valence-electron chi connectivity index (χ2n) is 3.69.